The van der Waals surface area contributed by atoms with Gasteiger partial charge < -0.3 is 14.6 Å². The molecule has 2 aromatic rings. The van der Waals surface area contributed by atoms with Gasteiger partial charge in [0.1, 0.15) is 17.2 Å². The lowest BCUT2D eigenvalue weighted by molar-refractivity contribution is -0.135. The quantitative estimate of drug-likeness (QED) is 0.673. The van der Waals surface area contributed by atoms with Crippen molar-refractivity contribution in [3.63, 3.8) is 0 Å². The molecule has 0 aromatic heterocycles. The first-order chi connectivity index (χ1) is 9.67. The van der Waals surface area contributed by atoms with E-state index in [1.54, 1.807) is 25.3 Å². The molecule has 1 atom stereocenters. The zero-order valence-corrected chi connectivity index (χ0v) is 11.0. The summed E-state index contributed by atoms with van der Waals surface area (Å²) in [6, 6.07) is 12.4. The third-order valence-electron chi connectivity index (χ3n) is 3.49. The van der Waals surface area contributed by atoms with Crippen LogP contribution in [-0.4, -0.2) is 18.2 Å². The molecule has 0 amide bonds. The second-order valence-corrected chi connectivity index (χ2v) is 4.73. The summed E-state index contributed by atoms with van der Waals surface area (Å²) in [4.78, 5) is 11.8. The highest BCUT2D eigenvalue weighted by molar-refractivity contribution is 5.78. The number of phenolic OH excluding ortho intramolecular Hbond substituents is 1. The van der Waals surface area contributed by atoms with Crippen molar-refractivity contribution in [1.29, 1.82) is 0 Å². The van der Waals surface area contributed by atoms with E-state index >= 15 is 0 Å². The monoisotopic (exact) mass is 270 g/mol. The van der Waals surface area contributed by atoms with Crippen LogP contribution in [0.2, 0.25) is 0 Å². The molecule has 0 aliphatic carbocycles. The Morgan fingerprint density at radius 2 is 1.95 bits per heavy atom. The third kappa shape index (κ3) is 2.20. The van der Waals surface area contributed by atoms with Crippen LogP contribution in [0, 0.1) is 0 Å². The number of carbonyl (C=O) groups is 1. The van der Waals surface area contributed by atoms with E-state index in [2.05, 4.69) is 0 Å². The SMILES string of the molecule is COc1ccc2c(c1)OC(=O)C[C@@H]2c1ccc(O)cc1. The van der Waals surface area contributed by atoms with Crippen LogP contribution < -0.4 is 9.47 Å². The summed E-state index contributed by atoms with van der Waals surface area (Å²) in [6.07, 6.45) is 0.296. The van der Waals surface area contributed by atoms with Gasteiger partial charge in [0, 0.05) is 17.5 Å². The minimum atomic E-state index is -0.260. The highest BCUT2D eigenvalue weighted by Crippen LogP contribution is 2.40. The molecule has 0 bridgehead atoms. The molecule has 4 nitrogen and oxygen atoms in total. The Bertz CT molecular complexity index is 646. The Labute approximate surface area is 116 Å². The van der Waals surface area contributed by atoms with Gasteiger partial charge in [-0.3, -0.25) is 4.79 Å². The van der Waals surface area contributed by atoms with Crippen LogP contribution in [0.1, 0.15) is 23.5 Å². The van der Waals surface area contributed by atoms with Crippen molar-refractivity contribution in [3.05, 3.63) is 53.6 Å². The van der Waals surface area contributed by atoms with Gasteiger partial charge in [0.2, 0.25) is 0 Å². The molecule has 1 aliphatic heterocycles. The molecule has 0 saturated heterocycles. The van der Waals surface area contributed by atoms with Gasteiger partial charge in [-0.1, -0.05) is 18.2 Å². The summed E-state index contributed by atoms with van der Waals surface area (Å²) in [5.74, 6) is 1.09. The Balaban J connectivity index is 2.05. The summed E-state index contributed by atoms with van der Waals surface area (Å²) in [5, 5.41) is 9.36. The van der Waals surface area contributed by atoms with Crippen LogP contribution in [0.15, 0.2) is 42.5 Å². The summed E-state index contributed by atoms with van der Waals surface area (Å²) in [6.45, 7) is 0. The lowest BCUT2D eigenvalue weighted by Gasteiger charge is -2.25. The van der Waals surface area contributed by atoms with Gasteiger partial charge in [0.25, 0.3) is 0 Å². The van der Waals surface area contributed by atoms with Crippen LogP contribution in [-0.2, 0) is 4.79 Å². The smallest absolute Gasteiger partial charge is 0.312 e. The van der Waals surface area contributed by atoms with E-state index in [1.807, 2.05) is 24.3 Å². The zero-order valence-electron chi connectivity index (χ0n) is 11.0. The number of hydrogen-bond donors (Lipinski definition) is 1. The molecule has 102 valence electrons. The Hall–Kier alpha value is -2.49. The van der Waals surface area contributed by atoms with E-state index in [0.29, 0.717) is 17.9 Å². The van der Waals surface area contributed by atoms with E-state index < -0.39 is 0 Å². The van der Waals surface area contributed by atoms with Crippen molar-refractivity contribution in [1.82, 2.24) is 0 Å². The predicted octanol–water partition coefficient (Wildman–Crippen LogP) is 2.84. The fraction of sp³-hybridized carbons (Fsp3) is 0.188. The molecule has 4 heteroatoms. The number of aromatic hydroxyl groups is 1. The number of phenols is 1. The van der Waals surface area contributed by atoms with Crippen LogP contribution in [0.5, 0.6) is 17.2 Å². The first kappa shape index (κ1) is 12.5. The zero-order chi connectivity index (χ0) is 14.1. The molecule has 3 rings (SSSR count). The lowest BCUT2D eigenvalue weighted by atomic mass is 9.86. The summed E-state index contributed by atoms with van der Waals surface area (Å²) in [7, 11) is 1.57. The van der Waals surface area contributed by atoms with Crippen molar-refractivity contribution < 1.29 is 19.4 Å². The lowest BCUT2D eigenvalue weighted by Crippen LogP contribution is -2.20. The van der Waals surface area contributed by atoms with E-state index in [1.165, 1.54) is 0 Å². The molecule has 0 saturated carbocycles. The number of benzene rings is 2. The number of rotatable bonds is 2. The largest absolute Gasteiger partial charge is 0.508 e. The van der Waals surface area contributed by atoms with E-state index in [4.69, 9.17) is 9.47 Å². The van der Waals surface area contributed by atoms with Crippen LogP contribution in [0.25, 0.3) is 0 Å². The number of methoxy groups -OCH3 is 1. The first-order valence-electron chi connectivity index (χ1n) is 6.35. The maximum Gasteiger partial charge on any atom is 0.312 e. The second kappa shape index (κ2) is 4.89. The van der Waals surface area contributed by atoms with Gasteiger partial charge in [0.05, 0.1) is 13.5 Å². The second-order valence-electron chi connectivity index (χ2n) is 4.73. The van der Waals surface area contributed by atoms with Crippen molar-refractivity contribution >= 4 is 5.97 Å². The Kier molecular flexibility index (Phi) is 3.06. The molecule has 0 radical (unpaired) electrons. The summed E-state index contributed by atoms with van der Waals surface area (Å²) in [5.41, 5.74) is 1.93. The number of hydrogen-bond acceptors (Lipinski definition) is 4. The molecule has 0 spiro atoms. The van der Waals surface area contributed by atoms with Crippen LogP contribution in [0.4, 0.5) is 0 Å². The third-order valence-corrected chi connectivity index (χ3v) is 3.49. The summed E-state index contributed by atoms with van der Waals surface area (Å²) >= 11 is 0. The van der Waals surface area contributed by atoms with Gasteiger partial charge in [-0.05, 0) is 23.8 Å². The maximum absolute atomic E-state index is 11.8. The van der Waals surface area contributed by atoms with E-state index in [0.717, 1.165) is 11.1 Å². The predicted molar refractivity (Wildman–Crippen MR) is 73.2 cm³/mol. The minimum Gasteiger partial charge on any atom is -0.508 e. The summed E-state index contributed by atoms with van der Waals surface area (Å²) < 4.78 is 10.4. The number of ether oxygens (including phenoxy) is 2. The molecule has 1 N–H and O–H groups in total. The van der Waals surface area contributed by atoms with Gasteiger partial charge in [-0.2, -0.15) is 0 Å². The number of fused-ring (bicyclic) bond motifs is 1. The highest BCUT2D eigenvalue weighted by Gasteiger charge is 2.28. The van der Waals surface area contributed by atoms with Gasteiger partial charge in [-0.25, -0.2) is 0 Å². The van der Waals surface area contributed by atoms with Crippen molar-refractivity contribution in [2.45, 2.75) is 12.3 Å². The highest BCUT2D eigenvalue weighted by atomic mass is 16.5. The first-order valence-corrected chi connectivity index (χ1v) is 6.35. The van der Waals surface area contributed by atoms with Crippen LogP contribution >= 0.6 is 0 Å². The maximum atomic E-state index is 11.8. The van der Waals surface area contributed by atoms with Gasteiger partial charge in [0.15, 0.2) is 0 Å². The van der Waals surface area contributed by atoms with Gasteiger partial charge >= 0.3 is 5.97 Å². The topological polar surface area (TPSA) is 55.8 Å². The van der Waals surface area contributed by atoms with Crippen LogP contribution in [0.3, 0.4) is 0 Å². The molecule has 2 aromatic carbocycles. The molecular formula is C16H14O4. The van der Waals surface area contributed by atoms with Gasteiger partial charge in [-0.15, -0.1) is 0 Å². The van der Waals surface area contributed by atoms with Crippen molar-refractivity contribution in [2.24, 2.45) is 0 Å². The average molecular weight is 270 g/mol. The average Bonchev–Trinajstić information content (AvgIpc) is 2.46. The number of carbonyl (C=O) groups excluding carboxylic acids is 1. The molecule has 0 unspecified atom stereocenters. The molecular weight excluding hydrogens is 256 g/mol. The van der Waals surface area contributed by atoms with E-state index in [-0.39, 0.29) is 17.6 Å². The normalized spacial score (nSPS) is 17.2. The Morgan fingerprint density at radius 1 is 1.20 bits per heavy atom. The van der Waals surface area contributed by atoms with E-state index in [9.17, 15) is 9.90 Å². The van der Waals surface area contributed by atoms with Crippen molar-refractivity contribution in [2.75, 3.05) is 7.11 Å². The van der Waals surface area contributed by atoms with Crippen molar-refractivity contribution in [3.8, 4) is 17.2 Å². The molecule has 1 aliphatic rings. The standard InChI is InChI=1S/C16H14O4/c1-19-12-6-7-13-14(9-16(18)20-15(13)8-12)10-2-4-11(17)5-3-10/h2-8,14,17H,9H2,1H3/t14-/m1/s1. The fourth-order valence-electron chi connectivity index (χ4n) is 2.46. The molecule has 20 heavy (non-hydrogen) atoms. The number of esters is 1. The minimum absolute atomic E-state index is 0.0576. The Morgan fingerprint density at radius 3 is 2.65 bits per heavy atom. The fourth-order valence-corrected chi connectivity index (χ4v) is 2.46. The molecule has 0 fully saturated rings. The molecule has 1 heterocycles.